The highest BCUT2D eigenvalue weighted by Gasteiger charge is 2.14. The third-order valence-corrected chi connectivity index (χ3v) is 4.60. The topological polar surface area (TPSA) is 71.3 Å². The minimum atomic E-state index is -0.503. The number of carbonyl (C=O) groups is 1. The summed E-state index contributed by atoms with van der Waals surface area (Å²) < 4.78 is 12.4. The van der Waals surface area contributed by atoms with Crippen LogP contribution in [0.4, 0.5) is 5.69 Å². The quantitative estimate of drug-likeness (QED) is 0.253. The van der Waals surface area contributed by atoms with Gasteiger partial charge in [-0.1, -0.05) is 27.9 Å². The number of terminal acetylenes is 1. The summed E-state index contributed by atoms with van der Waals surface area (Å²) in [6.45, 7) is 0.111. The SMILES string of the molecule is C#CCOc1c(I)cc(/C=C(/C#N)C(=O)Nc2cccc(Br)c2)cc1OC. The van der Waals surface area contributed by atoms with Gasteiger partial charge in [0.25, 0.3) is 5.91 Å². The van der Waals surface area contributed by atoms with E-state index in [1.807, 2.05) is 12.1 Å². The summed E-state index contributed by atoms with van der Waals surface area (Å²) in [6.07, 6.45) is 6.72. The van der Waals surface area contributed by atoms with Crippen LogP contribution < -0.4 is 14.8 Å². The Hall–Kier alpha value is -2.49. The Morgan fingerprint density at radius 1 is 1.41 bits per heavy atom. The van der Waals surface area contributed by atoms with Crippen LogP contribution in [-0.4, -0.2) is 19.6 Å². The first-order chi connectivity index (χ1) is 13.0. The second-order valence-corrected chi connectivity index (χ2v) is 7.24. The second kappa shape index (κ2) is 10.0. The van der Waals surface area contributed by atoms with Crippen LogP contribution in [0.25, 0.3) is 6.08 Å². The fraction of sp³-hybridized carbons (Fsp3) is 0.100. The van der Waals surface area contributed by atoms with Gasteiger partial charge in [-0.15, -0.1) is 6.42 Å². The number of benzene rings is 2. The third-order valence-electron chi connectivity index (χ3n) is 3.31. The van der Waals surface area contributed by atoms with Crippen molar-refractivity contribution in [3.05, 3.63) is 55.6 Å². The highest BCUT2D eigenvalue weighted by molar-refractivity contribution is 14.1. The molecule has 7 heteroatoms. The molecule has 0 bridgehead atoms. The molecule has 0 spiro atoms. The van der Waals surface area contributed by atoms with E-state index < -0.39 is 5.91 Å². The fourth-order valence-electron chi connectivity index (χ4n) is 2.16. The minimum Gasteiger partial charge on any atom is -0.493 e. The van der Waals surface area contributed by atoms with Crippen molar-refractivity contribution in [3.8, 4) is 29.9 Å². The summed E-state index contributed by atoms with van der Waals surface area (Å²) in [5.74, 6) is 2.88. The van der Waals surface area contributed by atoms with Gasteiger partial charge >= 0.3 is 0 Å². The van der Waals surface area contributed by atoms with Crippen LogP contribution in [0, 0.1) is 27.2 Å². The number of hydrogen-bond acceptors (Lipinski definition) is 4. The molecule has 0 atom stereocenters. The van der Waals surface area contributed by atoms with Gasteiger partial charge in [0.15, 0.2) is 11.5 Å². The molecule has 0 saturated carbocycles. The summed E-state index contributed by atoms with van der Waals surface area (Å²) in [6, 6.07) is 12.5. The van der Waals surface area contributed by atoms with Gasteiger partial charge in [0, 0.05) is 10.2 Å². The molecule has 1 amide bonds. The Bertz CT molecular complexity index is 974. The van der Waals surface area contributed by atoms with Crippen molar-refractivity contribution in [3.63, 3.8) is 0 Å². The third kappa shape index (κ3) is 5.75. The van der Waals surface area contributed by atoms with Crippen molar-refractivity contribution >= 4 is 56.2 Å². The lowest BCUT2D eigenvalue weighted by Crippen LogP contribution is -2.13. The number of hydrogen-bond donors (Lipinski definition) is 1. The molecule has 0 aliphatic carbocycles. The van der Waals surface area contributed by atoms with Crippen LogP contribution >= 0.6 is 38.5 Å². The lowest BCUT2D eigenvalue weighted by atomic mass is 10.1. The van der Waals surface area contributed by atoms with Gasteiger partial charge in [-0.3, -0.25) is 4.79 Å². The first-order valence-corrected chi connectivity index (χ1v) is 9.48. The van der Waals surface area contributed by atoms with E-state index in [1.165, 1.54) is 13.2 Å². The Kier molecular flexibility index (Phi) is 7.71. The van der Waals surface area contributed by atoms with Gasteiger partial charge in [0.2, 0.25) is 0 Å². The molecule has 0 aromatic heterocycles. The summed E-state index contributed by atoms with van der Waals surface area (Å²) in [7, 11) is 1.51. The predicted octanol–water partition coefficient (Wildman–Crippen LogP) is 4.62. The van der Waals surface area contributed by atoms with Crippen LogP contribution in [-0.2, 0) is 4.79 Å². The molecule has 2 aromatic rings. The first-order valence-electron chi connectivity index (χ1n) is 7.61. The molecule has 0 aliphatic rings. The average Bonchev–Trinajstić information content (AvgIpc) is 2.64. The summed E-state index contributed by atoms with van der Waals surface area (Å²) in [5, 5.41) is 12.1. The summed E-state index contributed by atoms with van der Waals surface area (Å²) in [4.78, 5) is 12.4. The molecule has 5 nitrogen and oxygen atoms in total. The molecule has 2 aromatic carbocycles. The monoisotopic (exact) mass is 536 g/mol. The van der Waals surface area contributed by atoms with Crippen molar-refractivity contribution in [2.45, 2.75) is 0 Å². The van der Waals surface area contributed by atoms with Crippen LogP contribution in [0.3, 0.4) is 0 Å². The van der Waals surface area contributed by atoms with E-state index in [4.69, 9.17) is 15.9 Å². The number of nitrogens with zero attached hydrogens (tertiary/aromatic N) is 1. The van der Waals surface area contributed by atoms with Crippen molar-refractivity contribution in [1.82, 2.24) is 0 Å². The van der Waals surface area contributed by atoms with Crippen LogP contribution in [0.5, 0.6) is 11.5 Å². The fourth-order valence-corrected chi connectivity index (χ4v) is 3.34. The van der Waals surface area contributed by atoms with Gasteiger partial charge in [-0.25, -0.2) is 0 Å². The van der Waals surface area contributed by atoms with Crippen LogP contribution in [0.2, 0.25) is 0 Å². The number of halogens is 2. The van der Waals surface area contributed by atoms with Crippen LogP contribution in [0.15, 0.2) is 46.4 Å². The molecule has 136 valence electrons. The van der Waals surface area contributed by atoms with E-state index in [0.29, 0.717) is 22.7 Å². The Morgan fingerprint density at radius 3 is 2.81 bits per heavy atom. The smallest absolute Gasteiger partial charge is 0.266 e. The Balaban J connectivity index is 2.31. The average molecular weight is 537 g/mol. The van der Waals surface area contributed by atoms with E-state index in [0.717, 1.165) is 8.04 Å². The number of nitrogens with one attached hydrogen (secondary N) is 1. The minimum absolute atomic E-state index is 0.0369. The number of rotatable bonds is 6. The zero-order chi connectivity index (χ0) is 19.8. The lowest BCUT2D eigenvalue weighted by molar-refractivity contribution is -0.112. The van der Waals surface area contributed by atoms with Crippen LogP contribution in [0.1, 0.15) is 5.56 Å². The maximum atomic E-state index is 12.4. The van der Waals surface area contributed by atoms with E-state index in [9.17, 15) is 10.1 Å². The highest BCUT2D eigenvalue weighted by Crippen LogP contribution is 2.34. The molecule has 0 unspecified atom stereocenters. The molecule has 27 heavy (non-hydrogen) atoms. The van der Waals surface area contributed by atoms with Crippen molar-refractivity contribution < 1.29 is 14.3 Å². The molecule has 0 heterocycles. The zero-order valence-corrected chi connectivity index (χ0v) is 18.0. The lowest BCUT2D eigenvalue weighted by Gasteiger charge is -2.12. The van der Waals surface area contributed by atoms with Gasteiger partial charge in [-0.05, 0) is 64.6 Å². The van der Waals surface area contributed by atoms with Crippen molar-refractivity contribution in [2.75, 3.05) is 19.0 Å². The van der Waals surface area contributed by atoms with E-state index in [1.54, 1.807) is 30.3 Å². The molecule has 0 radical (unpaired) electrons. The Labute approximate surface area is 179 Å². The van der Waals surface area contributed by atoms with Gasteiger partial charge in [0.05, 0.1) is 10.7 Å². The van der Waals surface area contributed by atoms with E-state index >= 15 is 0 Å². The number of carbonyl (C=O) groups excluding carboxylic acids is 1. The molecular formula is C20H14BrIN2O3. The number of nitriles is 1. The zero-order valence-electron chi connectivity index (χ0n) is 14.3. The van der Waals surface area contributed by atoms with E-state index in [2.05, 4.69) is 49.8 Å². The number of ether oxygens (including phenoxy) is 2. The molecule has 0 fully saturated rings. The standard InChI is InChI=1S/C20H14BrIN2O3/c1-3-7-27-19-17(22)9-13(10-18(19)26-2)8-14(12-23)20(25)24-16-6-4-5-15(21)11-16/h1,4-6,8-11H,7H2,2H3,(H,24,25)/b14-8-. The normalized spacial score (nSPS) is 10.5. The molecule has 2 rings (SSSR count). The van der Waals surface area contributed by atoms with E-state index in [-0.39, 0.29) is 12.2 Å². The molecule has 0 saturated heterocycles. The molecular weight excluding hydrogens is 523 g/mol. The van der Waals surface area contributed by atoms with Gasteiger partial charge in [-0.2, -0.15) is 5.26 Å². The highest BCUT2D eigenvalue weighted by atomic mass is 127. The van der Waals surface area contributed by atoms with Gasteiger partial charge in [0.1, 0.15) is 18.2 Å². The van der Waals surface area contributed by atoms with Gasteiger partial charge < -0.3 is 14.8 Å². The largest absolute Gasteiger partial charge is 0.493 e. The summed E-state index contributed by atoms with van der Waals surface area (Å²) >= 11 is 5.42. The Morgan fingerprint density at radius 2 is 2.19 bits per heavy atom. The predicted molar refractivity (Wildman–Crippen MR) is 116 cm³/mol. The number of methoxy groups -OCH3 is 1. The number of amides is 1. The number of anilines is 1. The van der Waals surface area contributed by atoms with Crippen molar-refractivity contribution in [1.29, 1.82) is 5.26 Å². The molecule has 0 aliphatic heterocycles. The maximum Gasteiger partial charge on any atom is 0.266 e. The first kappa shape index (κ1) is 20.8. The summed E-state index contributed by atoms with van der Waals surface area (Å²) in [5.41, 5.74) is 1.18. The maximum absolute atomic E-state index is 12.4. The van der Waals surface area contributed by atoms with Crippen molar-refractivity contribution in [2.24, 2.45) is 0 Å². The second-order valence-electron chi connectivity index (χ2n) is 5.16. The molecule has 1 N–H and O–H groups in total.